The predicted molar refractivity (Wildman–Crippen MR) is 48.8 cm³/mol. The van der Waals surface area contributed by atoms with Crippen LogP contribution < -0.4 is 11.2 Å². The second kappa shape index (κ2) is 4.11. The number of urea groups is 1. The van der Waals surface area contributed by atoms with Crippen molar-refractivity contribution in [3.05, 3.63) is 17.9 Å². The van der Waals surface area contributed by atoms with Crippen molar-refractivity contribution in [3.63, 3.8) is 0 Å². The summed E-state index contributed by atoms with van der Waals surface area (Å²) in [5.74, 6) is 0.0383. The van der Waals surface area contributed by atoms with Gasteiger partial charge in [0.15, 0.2) is 0 Å². The number of nitrogens with zero attached hydrogens (tertiary/aromatic N) is 1. The van der Waals surface area contributed by atoms with Crippen LogP contribution in [0, 0.1) is 0 Å². The monoisotopic (exact) mass is 233 g/mol. The Labute approximate surface area is 84.5 Å². The van der Waals surface area contributed by atoms with Gasteiger partial charge in [0.2, 0.25) is 5.09 Å². The third-order valence-corrected chi connectivity index (χ3v) is 1.95. The summed E-state index contributed by atoms with van der Waals surface area (Å²) in [7, 11) is -4.36. The normalized spacial score (nSPS) is 11.8. The van der Waals surface area contributed by atoms with E-state index in [-0.39, 0.29) is 5.76 Å². The molecule has 82 valence electrons. The lowest BCUT2D eigenvalue weighted by Gasteiger charge is -1.89. The van der Waals surface area contributed by atoms with Gasteiger partial charge >= 0.3 is 16.1 Å². The first kappa shape index (κ1) is 11.2. The van der Waals surface area contributed by atoms with E-state index in [2.05, 4.69) is 9.52 Å². The first-order valence-corrected chi connectivity index (χ1v) is 4.99. The van der Waals surface area contributed by atoms with Gasteiger partial charge in [-0.15, -0.1) is 0 Å². The van der Waals surface area contributed by atoms with Gasteiger partial charge in [-0.25, -0.2) is 10.2 Å². The Bertz CT molecular complexity index is 489. The van der Waals surface area contributed by atoms with Gasteiger partial charge in [-0.3, -0.25) is 4.55 Å². The average Bonchev–Trinajstić information content (AvgIpc) is 2.51. The molecule has 0 spiro atoms. The zero-order valence-corrected chi connectivity index (χ0v) is 8.06. The van der Waals surface area contributed by atoms with Gasteiger partial charge in [-0.05, 0) is 12.1 Å². The maximum atomic E-state index is 10.6. The molecule has 15 heavy (non-hydrogen) atoms. The minimum absolute atomic E-state index is 0.0383. The standard InChI is InChI=1S/C6H7N3O5S/c7-6(10)9-8-3-4-1-2-5(14-4)15(11,12)13/h1-3H,(H3,7,9,10)(H,11,12,13)/b8-3-. The summed E-state index contributed by atoms with van der Waals surface area (Å²) >= 11 is 0. The third kappa shape index (κ3) is 3.40. The van der Waals surface area contributed by atoms with Crippen LogP contribution in [0.4, 0.5) is 4.79 Å². The SMILES string of the molecule is NC(=O)N/N=C\c1ccc(S(=O)(=O)O)o1. The molecule has 1 aromatic heterocycles. The van der Waals surface area contributed by atoms with Crippen LogP contribution in [-0.4, -0.2) is 25.2 Å². The van der Waals surface area contributed by atoms with E-state index < -0.39 is 21.2 Å². The molecule has 0 aliphatic carbocycles. The summed E-state index contributed by atoms with van der Waals surface area (Å²) < 4.78 is 34.3. The number of nitrogens with one attached hydrogen (secondary N) is 1. The van der Waals surface area contributed by atoms with Crippen molar-refractivity contribution in [1.82, 2.24) is 5.43 Å². The average molecular weight is 233 g/mol. The molecule has 0 aliphatic heterocycles. The van der Waals surface area contributed by atoms with Crippen LogP contribution in [0.5, 0.6) is 0 Å². The number of carbonyl (C=O) groups excluding carboxylic acids is 1. The summed E-state index contributed by atoms with van der Waals surface area (Å²) in [6, 6.07) is 1.42. The minimum atomic E-state index is -4.36. The number of hydrogen-bond acceptors (Lipinski definition) is 5. The molecule has 0 atom stereocenters. The molecule has 0 aliphatic rings. The summed E-state index contributed by atoms with van der Waals surface area (Å²) in [5.41, 5.74) is 6.58. The molecule has 0 aromatic carbocycles. The van der Waals surface area contributed by atoms with Gasteiger partial charge in [0.25, 0.3) is 0 Å². The number of hydrogen-bond donors (Lipinski definition) is 3. The lowest BCUT2D eigenvalue weighted by Crippen LogP contribution is -2.24. The third-order valence-electron chi connectivity index (χ3n) is 1.22. The highest BCUT2D eigenvalue weighted by Gasteiger charge is 2.13. The molecular weight excluding hydrogens is 226 g/mol. The van der Waals surface area contributed by atoms with Crippen molar-refractivity contribution in [2.45, 2.75) is 5.09 Å². The zero-order chi connectivity index (χ0) is 11.5. The zero-order valence-electron chi connectivity index (χ0n) is 7.25. The fourth-order valence-electron chi connectivity index (χ4n) is 0.702. The summed E-state index contributed by atoms with van der Waals surface area (Å²) in [4.78, 5) is 10.2. The predicted octanol–water partition coefficient (Wildman–Crippen LogP) is -0.471. The molecule has 9 heteroatoms. The van der Waals surface area contributed by atoms with Crippen LogP contribution in [0.2, 0.25) is 0 Å². The smallest absolute Gasteiger partial charge is 0.332 e. The molecule has 0 unspecified atom stereocenters. The molecule has 0 fully saturated rings. The Kier molecular flexibility index (Phi) is 3.07. The topological polar surface area (TPSA) is 135 Å². The Morgan fingerprint density at radius 1 is 1.60 bits per heavy atom. The number of nitrogens with two attached hydrogens (primary N) is 1. The van der Waals surface area contributed by atoms with E-state index in [9.17, 15) is 13.2 Å². The number of primary amides is 1. The van der Waals surface area contributed by atoms with Gasteiger partial charge < -0.3 is 10.2 Å². The van der Waals surface area contributed by atoms with Crippen molar-refractivity contribution in [1.29, 1.82) is 0 Å². The molecule has 1 heterocycles. The maximum absolute atomic E-state index is 10.6. The highest BCUT2D eigenvalue weighted by atomic mass is 32.2. The molecule has 4 N–H and O–H groups in total. The van der Waals surface area contributed by atoms with Gasteiger partial charge in [0.1, 0.15) is 5.76 Å². The number of carbonyl (C=O) groups is 1. The van der Waals surface area contributed by atoms with Gasteiger partial charge in [-0.2, -0.15) is 13.5 Å². The lowest BCUT2D eigenvalue weighted by molar-refractivity contribution is 0.249. The second-order valence-electron chi connectivity index (χ2n) is 2.37. The van der Waals surface area contributed by atoms with Crippen molar-refractivity contribution in [2.24, 2.45) is 10.8 Å². The largest absolute Gasteiger partial charge is 0.441 e. The number of amides is 2. The Morgan fingerprint density at radius 3 is 2.73 bits per heavy atom. The van der Waals surface area contributed by atoms with Crippen molar-refractivity contribution >= 4 is 22.4 Å². The molecule has 1 rings (SSSR count). The molecule has 0 bridgehead atoms. The van der Waals surface area contributed by atoms with Crippen LogP contribution in [0.3, 0.4) is 0 Å². The maximum Gasteiger partial charge on any atom is 0.332 e. The van der Waals surface area contributed by atoms with Crippen molar-refractivity contribution in [3.8, 4) is 0 Å². The number of hydrazone groups is 1. The van der Waals surface area contributed by atoms with E-state index >= 15 is 0 Å². The van der Waals surface area contributed by atoms with Crippen LogP contribution >= 0.6 is 0 Å². The first-order chi connectivity index (χ1) is 6.89. The van der Waals surface area contributed by atoms with Crippen LogP contribution in [0.25, 0.3) is 0 Å². The Hall–Kier alpha value is -1.87. The van der Waals surface area contributed by atoms with Gasteiger partial charge in [-0.1, -0.05) is 0 Å². The fourth-order valence-corrected chi connectivity index (χ4v) is 1.14. The number of rotatable bonds is 3. The van der Waals surface area contributed by atoms with Crippen LogP contribution in [0.1, 0.15) is 5.76 Å². The van der Waals surface area contributed by atoms with Crippen molar-refractivity contribution < 1.29 is 22.2 Å². The van der Waals surface area contributed by atoms with Crippen molar-refractivity contribution in [2.75, 3.05) is 0 Å². The second-order valence-corrected chi connectivity index (χ2v) is 3.72. The Morgan fingerprint density at radius 2 is 2.27 bits per heavy atom. The fraction of sp³-hybridized carbons (Fsp3) is 0. The molecule has 1 aromatic rings. The highest BCUT2D eigenvalue weighted by molar-refractivity contribution is 7.85. The highest BCUT2D eigenvalue weighted by Crippen LogP contribution is 2.11. The van der Waals surface area contributed by atoms with E-state index in [1.165, 1.54) is 6.07 Å². The van der Waals surface area contributed by atoms with E-state index in [1.807, 2.05) is 5.43 Å². The molecule has 0 radical (unpaired) electrons. The van der Waals surface area contributed by atoms with Gasteiger partial charge in [0, 0.05) is 0 Å². The van der Waals surface area contributed by atoms with E-state index in [4.69, 9.17) is 10.3 Å². The molecular formula is C6H7N3O5S. The summed E-state index contributed by atoms with van der Waals surface area (Å²) in [6.45, 7) is 0. The molecule has 0 saturated carbocycles. The molecule has 2 amide bonds. The van der Waals surface area contributed by atoms with E-state index in [0.717, 1.165) is 12.3 Å². The van der Waals surface area contributed by atoms with Crippen LogP contribution in [-0.2, 0) is 10.1 Å². The molecule has 8 nitrogen and oxygen atoms in total. The van der Waals surface area contributed by atoms with Crippen LogP contribution in [0.15, 0.2) is 26.7 Å². The molecule has 0 saturated heterocycles. The summed E-state index contributed by atoms with van der Waals surface area (Å²) in [5, 5.41) is 2.71. The first-order valence-electron chi connectivity index (χ1n) is 3.55. The minimum Gasteiger partial charge on any atom is -0.441 e. The number of furan rings is 1. The van der Waals surface area contributed by atoms with Gasteiger partial charge in [0.05, 0.1) is 6.21 Å². The summed E-state index contributed by atoms with van der Waals surface area (Å²) in [6.07, 6.45) is 1.03. The van der Waals surface area contributed by atoms with E-state index in [0.29, 0.717) is 0 Å². The quantitative estimate of drug-likeness (QED) is 0.368. The lowest BCUT2D eigenvalue weighted by atomic mass is 10.5. The Balaban J connectivity index is 2.78. The van der Waals surface area contributed by atoms with E-state index in [1.54, 1.807) is 0 Å².